The van der Waals surface area contributed by atoms with Gasteiger partial charge in [-0.3, -0.25) is 9.78 Å². The fraction of sp³-hybridized carbons (Fsp3) is 0.143. The molecule has 0 fully saturated rings. The normalized spacial score (nSPS) is 10.1. The van der Waals surface area contributed by atoms with Crippen LogP contribution >= 0.6 is 15.9 Å². The van der Waals surface area contributed by atoms with Crippen molar-refractivity contribution in [3.05, 3.63) is 58.3 Å². The molecule has 0 unspecified atom stereocenters. The summed E-state index contributed by atoms with van der Waals surface area (Å²) in [6.07, 6.45) is 2.63. The first kappa shape index (κ1) is 12.8. The maximum absolute atomic E-state index is 10.7. The monoisotopic (exact) mass is 304 g/mol. The second-order valence-electron chi connectivity index (χ2n) is 4.01. The zero-order valence-corrected chi connectivity index (χ0v) is 11.6. The van der Waals surface area contributed by atoms with Crippen LogP contribution in [0.3, 0.4) is 0 Å². The summed E-state index contributed by atoms with van der Waals surface area (Å²) >= 11 is 3.48. The van der Waals surface area contributed by atoms with Gasteiger partial charge in [-0.15, -0.1) is 0 Å². The molecule has 0 saturated carbocycles. The first-order valence-corrected chi connectivity index (χ1v) is 6.36. The Morgan fingerprint density at radius 2 is 2.17 bits per heavy atom. The van der Waals surface area contributed by atoms with Crippen LogP contribution in [-0.4, -0.2) is 18.3 Å². The molecule has 0 atom stereocenters. The summed E-state index contributed by atoms with van der Waals surface area (Å²) in [5.74, 6) is 0. The zero-order chi connectivity index (χ0) is 13.0. The van der Waals surface area contributed by atoms with Gasteiger partial charge in [-0.05, 0) is 46.3 Å². The molecule has 4 heteroatoms. The van der Waals surface area contributed by atoms with Gasteiger partial charge in [-0.1, -0.05) is 6.07 Å². The number of nitrogens with zero attached hydrogens (tertiary/aromatic N) is 2. The molecule has 92 valence electrons. The molecule has 0 radical (unpaired) electrons. The summed E-state index contributed by atoms with van der Waals surface area (Å²) in [4.78, 5) is 17.1. The lowest BCUT2D eigenvalue weighted by molar-refractivity contribution is 0.112. The van der Waals surface area contributed by atoms with E-state index in [1.807, 2.05) is 43.4 Å². The van der Waals surface area contributed by atoms with Gasteiger partial charge in [0, 0.05) is 23.3 Å². The first-order chi connectivity index (χ1) is 8.70. The van der Waals surface area contributed by atoms with Gasteiger partial charge in [0.25, 0.3) is 0 Å². The third-order valence-electron chi connectivity index (χ3n) is 2.64. The lowest BCUT2D eigenvalue weighted by Gasteiger charge is -2.20. The number of aromatic nitrogens is 1. The zero-order valence-electron chi connectivity index (χ0n) is 10.0. The average molecular weight is 305 g/mol. The number of rotatable bonds is 4. The highest BCUT2D eigenvalue weighted by Crippen LogP contribution is 2.26. The van der Waals surface area contributed by atoms with Gasteiger partial charge in [0.1, 0.15) is 6.29 Å². The van der Waals surface area contributed by atoms with E-state index < -0.39 is 0 Å². The van der Waals surface area contributed by atoms with Crippen LogP contribution in [0.15, 0.2) is 47.1 Å². The molecule has 18 heavy (non-hydrogen) atoms. The SMILES string of the molecule is CN(Cc1ccccn1)c1ccc(C=O)cc1Br. The van der Waals surface area contributed by atoms with Crippen LogP contribution in [0.25, 0.3) is 0 Å². The highest BCUT2D eigenvalue weighted by atomic mass is 79.9. The Morgan fingerprint density at radius 3 is 2.78 bits per heavy atom. The van der Waals surface area contributed by atoms with E-state index in [0.717, 1.165) is 28.7 Å². The Balaban J connectivity index is 2.19. The molecule has 1 heterocycles. The van der Waals surface area contributed by atoms with Crippen molar-refractivity contribution in [2.75, 3.05) is 11.9 Å². The number of aldehydes is 1. The lowest BCUT2D eigenvalue weighted by Crippen LogP contribution is -2.17. The number of benzene rings is 1. The molecule has 2 rings (SSSR count). The van der Waals surface area contributed by atoms with Gasteiger partial charge in [-0.25, -0.2) is 0 Å². The molecule has 0 bridgehead atoms. The molecule has 0 saturated heterocycles. The maximum atomic E-state index is 10.7. The first-order valence-electron chi connectivity index (χ1n) is 5.56. The summed E-state index contributed by atoms with van der Waals surface area (Å²) in [5, 5.41) is 0. The summed E-state index contributed by atoms with van der Waals surface area (Å²) in [6.45, 7) is 0.722. The number of halogens is 1. The second-order valence-corrected chi connectivity index (χ2v) is 4.86. The van der Waals surface area contributed by atoms with Crippen molar-refractivity contribution < 1.29 is 4.79 Å². The van der Waals surface area contributed by atoms with Crippen molar-refractivity contribution in [1.29, 1.82) is 0 Å². The van der Waals surface area contributed by atoms with E-state index in [9.17, 15) is 4.79 Å². The van der Waals surface area contributed by atoms with Gasteiger partial charge in [-0.2, -0.15) is 0 Å². The highest BCUT2D eigenvalue weighted by Gasteiger charge is 2.07. The molecular weight excluding hydrogens is 292 g/mol. The standard InChI is InChI=1S/C14H13BrN2O/c1-17(9-12-4-2-3-7-16-12)14-6-5-11(10-18)8-13(14)15/h2-8,10H,9H2,1H3. The number of carbonyl (C=O) groups is 1. The van der Waals surface area contributed by atoms with E-state index in [0.29, 0.717) is 5.56 Å². The maximum Gasteiger partial charge on any atom is 0.150 e. The van der Waals surface area contributed by atoms with Gasteiger partial charge >= 0.3 is 0 Å². The van der Waals surface area contributed by atoms with Gasteiger partial charge < -0.3 is 4.90 Å². The molecule has 0 spiro atoms. The summed E-state index contributed by atoms with van der Waals surface area (Å²) in [7, 11) is 2.00. The van der Waals surface area contributed by atoms with Gasteiger partial charge in [0.2, 0.25) is 0 Å². The lowest BCUT2D eigenvalue weighted by atomic mass is 10.2. The topological polar surface area (TPSA) is 33.2 Å². The molecule has 0 amide bonds. The number of hydrogen-bond acceptors (Lipinski definition) is 3. The van der Waals surface area contributed by atoms with Crippen molar-refractivity contribution in [2.24, 2.45) is 0 Å². The van der Waals surface area contributed by atoms with Crippen LogP contribution in [-0.2, 0) is 6.54 Å². The van der Waals surface area contributed by atoms with Crippen molar-refractivity contribution >= 4 is 27.9 Å². The predicted molar refractivity (Wildman–Crippen MR) is 75.9 cm³/mol. The molecule has 0 N–H and O–H groups in total. The molecular formula is C14H13BrN2O. The Hall–Kier alpha value is -1.68. The molecule has 0 aliphatic heterocycles. The predicted octanol–water partition coefficient (Wildman–Crippen LogP) is 3.29. The Kier molecular flexibility index (Phi) is 4.10. The number of anilines is 1. The van der Waals surface area contributed by atoms with Crippen LogP contribution in [0, 0.1) is 0 Å². The van der Waals surface area contributed by atoms with Crippen molar-refractivity contribution in [1.82, 2.24) is 4.98 Å². The molecule has 3 nitrogen and oxygen atoms in total. The quantitative estimate of drug-likeness (QED) is 0.813. The molecule has 0 aliphatic rings. The van der Waals surface area contributed by atoms with Crippen molar-refractivity contribution in [2.45, 2.75) is 6.54 Å². The Labute approximate surface area is 115 Å². The number of pyridine rings is 1. The third kappa shape index (κ3) is 2.96. The second kappa shape index (κ2) is 5.78. The average Bonchev–Trinajstić information content (AvgIpc) is 2.39. The van der Waals surface area contributed by atoms with Crippen LogP contribution in [0.2, 0.25) is 0 Å². The summed E-state index contributed by atoms with van der Waals surface area (Å²) < 4.78 is 0.908. The number of carbonyl (C=O) groups excluding carboxylic acids is 1. The molecule has 1 aromatic carbocycles. The largest absolute Gasteiger partial charge is 0.368 e. The fourth-order valence-electron chi connectivity index (χ4n) is 1.73. The minimum Gasteiger partial charge on any atom is -0.368 e. The van der Waals surface area contributed by atoms with E-state index >= 15 is 0 Å². The van der Waals surface area contributed by atoms with Crippen molar-refractivity contribution in [3.8, 4) is 0 Å². The smallest absolute Gasteiger partial charge is 0.150 e. The Morgan fingerprint density at radius 1 is 1.33 bits per heavy atom. The molecule has 2 aromatic rings. The molecule has 1 aromatic heterocycles. The van der Waals surface area contributed by atoms with Crippen LogP contribution in [0.1, 0.15) is 16.1 Å². The van der Waals surface area contributed by atoms with Gasteiger partial charge in [0.05, 0.1) is 17.9 Å². The Bertz CT molecular complexity index is 543. The van der Waals surface area contributed by atoms with E-state index in [1.165, 1.54) is 0 Å². The third-order valence-corrected chi connectivity index (χ3v) is 3.28. The summed E-state index contributed by atoms with van der Waals surface area (Å²) in [6, 6.07) is 11.4. The van der Waals surface area contributed by atoms with E-state index in [4.69, 9.17) is 0 Å². The minimum absolute atomic E-state index is 0.664. The van der Waals surface area contributed by atoms with E-state index in [1.54, 1.807) is 6.20 Å². The molecule has 0 aliphatic carbocycles. The number of hydrogen-bond donors (Lipinski definition) is 0. The van der Waals surface area contributed by atoms with E-state index in [-0.39, 0.29) is 0 Å². The van der Waals surface area contributed by atoms with Crippen LogP contribution in [0.4, 0.5) is 5.69 Å². The van der Waals surface area contributed by atoms with E-state index in [2.05, 4.69) is 25.8 Å². The van der Waals surface area contributed by atoms with Crippen molar-refractivity contribution in [3.63, 3.8) is 0 Å². The van der Waals surface area contributed by atoms with Crippen LogP contribution in [0.5, 0.6) is 0 Å². The fourth-order valence-corrected chi connectivity index (χ4v) is 2.43. The van der Waals surface area contributed by atoms with Gasteiger partial charge in [0.15, 0.2) is 0 Å². The van der Waals surface area contributed by atoms with Crippen LogP contribution < -0.4 is 4.90 Å². The minimum atomic E-state index is 0.664. The highest BCUT2D eigenvalue weighted by molar-refractivity contribution is 9.10. The summed E-state index contributed by atoms with van der Waals surface area (Å²) in [5.41, 5.74) is 2.70.